The maximum atomic E-state index is 13.4. The fourth-order valence-corrected chi connectivity index (χ4v) is 9.71. The highest BCUT2D eigenvalue weighted by Gasteiger charge is 2.32. The Bertz CT molecular complexity index is 2710. The van der Waals surface area contributed by atoms with Gasteiger partial charge in [-0.3, -0.25) is 28.8 Å². The minimum Gasteiger partial charge on any atom is -0.463 e. The van der Waals surface area contributed by atoms with Gasteiger partial charge < -0.3 is 25.6 Å². The van der Waals surface area contributed by atoms with Gasteiger partial charge in [0.2, 0.25) is 5.91 Å². The number of esters is 1. The first-order chi connectivity index (χ1) is 30.3. The van der Waals surface area contributed by atoms with Crippen LogP contribution >= 0.6 is 45.9 Å². The number of carbonyl (C=O) groups excluding carboxylic acids is 3. The Morgan fingerprint density at radius 2 is 1.71 bits per heavy atom. The maximum absolute atomic E-state index is 13.4. The summed E-state index contributed by atoms with van der Waals surface area (Å²) < 4.78 is 7.51. The fraction of sp³-hybridized carbons (Fsp3) is 0.326. The van der Waals surface area contributed by atoms with Crippen LogP contribution in [0.25, 0.3) is 5.00 Å². The Hall–Kier alpha value is -5.79. The number of ether oxygens (including phenoxy) is 1. The molecule has 3 N–H and O–H groups in total. The third-order valence-corrected chi connectivity index (χ3v) is 13.5. The Morgan fingerprint density at radius 3 is 2.48 bits per heavy atom. The third kappa shape index (κ3) is 9.89. The van der Waals surface area contributed by atoms with Crippen molar-refractivity contribution in [3.8, 4) is 5.00 Å². The van der Waals surface area contributed by atoms with Crippen LogP contribution in [0.15, 0.2) is 59.7 Å². The molecular formula is C43H44Cl2N12O4S2. The molecule has 2 aliphatic rings. The van der Waals surface area contributed by atoms with Crippen molar-refractivity contribution in [2.75, 3.05) is 61.4 Å². The normalized spacial score (nSPS) is 14.9. The number of nitrogens with zero attached hydrogens (tertiary/aromatic N) is 9. The van der Waals surface area contributed by atoms with Crippen LogP contribution in [0.5, 0.6) is 0 Å². The average Bonchev–Trinajstić information content (AvgIpc) is 3.94. The van der Waals surface area contributed by atoms with Gasteiger partial charge in [-0.05, 0) is 63.9 Å². The van der Waals surface area contributed by atoms with Gasteiger partial charge in [0.1, 0.15) is 52.4 Å². The molecule has 0 aliphatic carbocycles. The molecule has 0 spiro atoms. The highest BCUT2D eigenvalue weighted by molar-refractivity contribution is 7.17. The second-order valence-corrected chi connectivity index (χ2v) is 18.2. The molecule has 2 aliphatic heterocycles. The number of thiazole rings is 1. The molecule has 8 rings (SSSR count). The number of benzene rings is 2. The lowest BCUT2D eigenvalue weighted by Crippen LogP contribution is -2.47. The van der Waals surface area contributed by atoms with Crippen molar-refractivity contribution < 1.29 is 19.1 Å². The van der Waals surface area contributed by atoms with Gasteiger partial charge in [0, 0.05) is 59.8 Å². The number of fused-ring (bicyclic) bond motifs is 3. The number of piperazine rings is 1. The number of anilines is 4. The predicted molar refractivity (Wildman–Crippen MR) is 247 cm³/mol. The highest BCUT2D eigenvalue weighted by atomic mass is 35.5. The summed E-state index contributed by atoms with van der Waals surface area (Å²) in [4.78, 5) is 63.8. The van der Waals surface area contributed by atoms with E-state index >= 15 is 0 Å². The molecule has 16 nitrogen and oxygen atoms in total. The number of halogens is 2. The van der Waals surface area contributed by atoms with E-state index in [1.807, 2.05) is 67.8 Å². The molecule has 0 radical (unpaired) electrons. The van der Waals surface area contributed by atoms with Gasteiger partial charge in [-0.2, -0.15) is 0 Å². The molecule has 20 heteroatoms. The first-order valence-corrected chi connectivity index (χ1v) is 22.6. The zero-order chi connectivity index (χ0) is 44.4. The molecule has 1 atom stereocenters. The van der Waals surface area contributed by atoms with Crippen LogP contribution in [0, 0.1) is 34.6 Å². The Kier molecular flexibility index (Phi) is 13.2. The second-order valence-electron chi connectivity index (χ2n) is 15.1. The van der Waals surface area contributed by atoms with E-state index in [2.05, 4.69) is 64.7 Å². The fourth-order valence-electron chi connectivity index (χ4n) is 7.38. The van der Waals surface area contributed by atoms with Crippen LogP contribution in [0.1, 0.15) is 66.7 Å². The van der Waals surface area contributed by atoms with Gasteiger partial charge >= 0.3 is 5.97 Å². The number of thiophene rings is 1. The van der Waals surface area contributed by atoms with Crippen LogP contribution < -0.4 is 20.9 Å². The van der Waals surface area contributed by atoms with Crippen molar-refractivity contribution in [2.45, 2.75) is 47.1 Å². The largest absolute Gasteiger partial charge is 0.463 e. The average molecular weight is 928 g/mol. The Labute approximate surface area is 381 Å². The number of hydrogen-bond acceptors (Lipinski definition) is 15. The summed E-state index contributed by atoms with van der Waals surface area (Å²) in [5.74, 6) is 1.98. The molecule has 326 valence electrons. The molecule has 0 saturated carbocycles. The van der Waals surface area contributed by atoms with Crippen molar-refractivity contribution in [2.24, 2.45) is 4.99 Å². The zero-order valence-corrected chi connectivity index (χ0v) is 38.3. The number of para-hydroxylation sites is 1. The van der Waals surface area contributed by atoms with Gasteiger partial charge in [-0.1, -0.05) is 58.8 Å². The second kappa shape index (κ2) is 18.9. The van der Waals surface area contributed by atoms with E-state index < -0.39 is 12.0 Å². The summed E-state index contributed by atoms with van der Waals surface area (Å²) in [5, 5.41) is 20.2. The van der Waals surface area contributed by atoms with Gasteiger partial charge in [0.25, 0.3) is 5.91 Å². The van der Waals surface area contributed by atoms with Gasteiger partial charge in [-0.25, -0.2) is 15.0 Å². The summed E-state index contributed by atoms with van der Waals surface area (Å²) >= 11 is 15.4. The van der Waals surface area contributed by atoms with Crippen molar-refractivity contribution in [1.29, 1.82) is 0 Å². The van der Waals surface area contributed by atoms with Crippen LogP contribution in [0.3, 0.4) is 0 Å². The van der Waals surface area contributed by atoms with Crippen LogP contribution in [0.4, 0.5) is 22.5 Å². The van der Waals surface area contributed by atoms with Crippen molar-refractivity contribution in [3.05, 3.63) is 114 Å². The molecule has 2 aromatic carbocycles. The lowest BCUT2D eigenvalue weighted by atomic mass is 9.99. The minimum atomic E-state index is -0.656. The number of amides is 2. The summed E-state index contributed by atoms with van der Waals surface area (Å²) in [5.41, 5.74) is 5.11. The van der Waals surface area contributed by atoms with Crippen LogP contribution in [0.2, 0.25) is 10.0 Å². The lowest BCUT2D eigenvalue weighted by Gasteiger charge is -2.35. The van der Waals surface area contributed by atoms with E-state index in [1.165, 1.54) is 17.5 Å². The topological polar surface area (TPSA) is 185 Å². The Morgan fingerprint density at radius 1 is 0.937 bits per heavy atom. The van der Waals surface area contributed by atoms with E-state index in [-0.39, 0.29) is 31.4 Å². The van der Waals surface area contributed by atoms with Gasteiger partial charge in [0.05, 0.1) is 29.0 Å². The molecule has 1 fully saturated rings. The molecule has 4 aromatic heterocycles. The smallest absolute Gasteiger partial charge is 0.325 e. The molecule has 6 heterocycles. The van der Waals surface area contributed by atoms with Crippen LogP contribution in [-0.4, -0.2) is 104 Å². The van der Waals surface area contributed by atoms with Crippen LogP contribution in [-0.2, 0) is 14.3 Å². The predicted octanol–water partition coefficient (Wildman–Crippen LogP) is 7.18. The maximum Gasteiger partial charge on any atom is 0.325 e. The highest BCUT2D eigenvalue weighted by Crippen LogP contribution is 2.40. The number of aromatic nitrogens is 6. The molecule has 2 amide bonds. The number of carbonyl (C=O) groups is 3. The number of hydrogen-bond donors (Lipinski definition) is 3. The van der Waals surface area contributed by atoms with Gasteiger partial charge in [0.15, 0.2) is 11.0 Å². The SMILES string of the molecule is Cc1nc(Nc2ncc(C(=O)Nc3c(C)cccc3Cl)s2)cc(N2CCN(CCOC(=O)CNC(=O)C[C@@H]3N=C(c4ccc(Cl)cc4)c4c(sc(C)c4C)-n4c(C)nnc43)CC2)n1. The zero-order valence-electron chi connectivity index (χ0n) is 35.2. The number of nitrogens with one attached hydrogen (secondary N) is 3. The molecule has 63 heavy (non-hydrogen) atoms. The summed E-state index contributed by atoms with van der Waals surface area (Å²) in [6, 6.07) is 14.1. The van der Waals surface area contributed by atoms with E-state index in [1.54, 1.807) is 17.4 Å². The number of aliphatic imine (C=N–C) groups is 1. The van der Waals surface area contributed by atoms with Crippen molar-refractivity contribution >= 4 is 91.8 Å². The van der Waals surface area contributed by atoms with E-state index in [0.29, 0.717) is 68.7 Å². The van der Waals surface area contributed by atoms with E-state index in [4.69, 9.17) is 32.9 Å². The quantitative estimate of drug-likeness (QED) is 0.0993. The Balaban J connectivity index is 0.806. The molecular weight excluding hydrogens is 884 g/mol. The third-order valence-electron chi connectivity index (χ3n) is 10.8. The molecule has 0 unspecified atom stereocenters. The first kappa shape index (κ1) is 43.8. The van der Waals surface area contributed by atoms with Gasteiger partial charge in [-0.15, -0.1) is 21.5 Å². The molecule has 6 aromatic rings. The lowest BCUT2D eigenvalue weighted by molar-refractivity contribution is -0.144. The minimum absolute atomic E-state index is 0.0429. The standard InChI is InChI=1S/C43H44Cl2N12O4S2/c1-23-7-6-8-30(45)38(23)52-41(60)32-21-47-43(63-32)51-33-20-34(49-26(4)48-33)56-15-13-55(14-16-56)17-18-61-36(59)22-46-35(58)19-31-40-54-53-27(5)57(40)42-37(24(2)25(3)62-42)39(50-31)28-9-11-29(44)12-10-28/h6-12,20-21,31H,13-19,22H2,1-5H3,(H,46,58)(H,52,60)(H,47,48,49,51)/t31-/m0/s1. The van der Waals surface area contributed by atoms with Crippen molar-refractivity contribution in [1.82, 2.24) is 39.9 Å². The summed E-state index contributed by atoms with van der Waals surface area (Å²) in [7, 11) is 0. The van der Waals surface area contributed by atoms with Crippen molar-refractivity contribution in [3.63, 3.8) is 0 Å². The van der Waals surface area contributed by atoms with E-state index in [9.17, 15) is 14.4 Å². The number of aryl methyl sites for hydroxylation is 4. The monoisotopic (exact) mass is 926 g/mol. The van der Waals surface area contributed by atoms with E-state index in [0.717, 1.165) is 56.8 Å². The number of rotatable bonds is 13. The molecule has 0 bridgehead atoms. The summed E-state index contributed by atoms with van der Waals surface area (Å²) in [6.45, 7) is 13.0. The molecule has 1 saturated heterocycles. The first-order valence-electron chi connectivity index (χ1n) is 20.2. The summed E-state index contributed by atoms with van der Waals surface area (Å²) in [6.07, 6.45) is 1.47.